The van der Waals surface area contributed by atoms with E-state index in [1.807, 2.05) is 40.8 Å². The number of nitrogens with zero attached hydrogens (tertiary/aromatic N) is 4. The van der Waals surface area contributed by atoms with Crippen LogP contribution in [0.25, 0.3) is 0 Å². The van der Waals surface area contributed by atoms with Gasteiger partial charge >= 0.3 is 6.09 Å². The van der Waals surface area contributed by atoms with E-state index in [0.717, 1.165) is 68.1 Å². The van der Waals surface area contributed by atoms with Gasteiger partial charge in [-0.25, -0.2) is 9.79 Å². The monoisotopic (exact) mass is 733 g/mol. The summed E-state index contributed by atoms with van der Waals surface area (Å²) in [4.78, 5) is 47.8. The van der Waals surface area contributed by atoms with Crippen molar-refractivity contribution in [2.45, 2.75) is 109 Å². The quantitative estimate of drug-likeness (QED) is 0.228. The van der Waals surface area contributed by atoms with Crippen molar-refractivity contribution in [3.8, 4) is 0 Å². The normalized spacial score (nSPS) is 23.0. The molecule has 5 aliphatic rings. The van der Waals surface area contributed by atoms with Crippen molar-refractivity contribution in [3.63, 3.8) is 0 Å². The molecule has 0 radical (unpaired) electrons. The number of nitrogens with one attached hydrogen (secondary N) is 4. The number of piperidine rings is 3. The van der Waals surface area contributed by atoms with Crippen LogP contribution >= 0.6 is 0 Å². The molecular weight excluding hydrogens is 669 g/mol. The molecule has 3 amide bonds. The van der Waals surface area contributed by atoms with Gasteiger partial charge in [0.25, 0.3) is 0 Å². The molecule has 4 N–H and O–H groups in total. The predicted molar refractivity (Wildman–Crippen MR) is 218 cm³/mol. The van der Waals surface area contributed by atoms with Crippen molar-refractivity contribution >= 4 is 41.2 Å². The zero-order valence-electron chi connectivity index (χ0n) is 32.1. The van der Waals surface area contributed by atoms with Crippen LogP contribution in [0.3, 0.4) is 0 Å². The van der Waals surface area contributed by atoms with Gasteiger partial charge in [0, 0.05) is 65.4 Å². The van der Waals surface area contributed by atoms with Crippen molar-refractivity contribution in [1.82, 2.24) is 20.4 Å². The van der Waals surface area contributed by atoms with Crippen molar-refractivity contribution in [2.75, 3.05) is 54.8 Å². The van der Waals surface area contributed by atoms with Gasteiger partial charge in [-0.05, 0) is 126 Å². The summed E-state index contributed by atoms with van der Waals surface area (Å²) in [7, 11) is 0. The number of rotatable bonds is 7. The Kier molecular flexibility index (Phi) is 12.3. The van der Waals surface area contributed by atoms with Crippen LogP contribution in [0.4, 0.5) is 21.9 Å². The predicted octanol–water partition coefficient (Wildman–Crippen LogP) is 6.78. The number of aliphatic imine (C=N–C) groups is 1. The first kappa shape index (κ1) is 38.2. The largest absolute Gasteiger partial charge is 0.444 e. The van der Waals surface area contributed by atoms with E-state index >= 15 is 0 Å². The number of ether oxygens (including phenoxy) is 1. The summed E-state index contributed by atoms with van der Waals surface area (Å²) in [5, 5.41) is 12.7. The molecule has 5 aliphatic heterocycles. The van der Waals surface area contributed by atoms with Crippen LogP contribution in [0, 0.1) is 0 Å². The van der Waals surface area contributed by atoms with E-state index in [4.69, 9.17) is 4.74 Å². The summed E-state index contributed by atoms with van der Waals surface area (Å²) < 4.78 is 5.59. The Bertz CT molecular complexity index is 1650. The highest BCUT2D eigenvalue weighted by molar-refractivity contribution is 6.01. The maximum atomic E-state index is 12.6. The SMILES string of the molecule is CC.CC(C)(C)OC(=O)N1CCC2=C(C1)NC(Nc1ccc(N3CCC(N4CCC(c5ccc(NC6CCC(=O)NC6=O)cc5)CC4)CC3)cc1)N=C2.[HH].[HH].[HH]. The first-order valence-electron chi connectivity index (χ1n) is 19.6. The second-order valence-electron chi connectivity index (χ2n) is 15.5. The third-order valence-corrected chi connectivity index (χ3v) is 10.7. The topological polar surface area (TPSA) is 131 Å². The molecular formula is C41H64N8O4. The maximum Gasteiger partial charge on any atom is 0.410 e. The van der Waals surface area contributed by atoms with Crippen LogP contribution in [-0.4, -0.2) is 97.2 Å². The molecule has 53 heavy (non-hydrogen) atoms. The average molecular weight is 733 g/mol. The minimum Gasteiger partial charge on any atom is -0.444 e. The first-order chi connectivity index (χ1) is 25.6. The Hall–Kier alpha value is -4.58. The lowest BCUT2D eigenvalue weighted by Gasteiger charge is -2.42. The van der Waals surface area contributed by atoms with E-state index in [1.165, 1.54) is 24.1 Å². The number of carbonyl (C=O) groups is 3. The number of hydrogen-bond acceptors (Lipinski definition) is 10. The van der Waals surface area contributed by atoms with E-state index < -0.39 is 5.60 Å². The highest BCUT2D eigenvalue weighted by atomic mass is 16.6. The van der Waals surface area contributed by atoms with Crippen LogP contribution in [-0.2, 0) is 14.3 Å². The lowest BCUT2D eigenvalue weighted by atomic mass is 9.88. The van der Waals surface area contributed by atoms with Crippen LogP contribution in [0.1, 0.15) is 95.3 Å². The van der Waals surface area contributed by atoms with E-state index in [1.54, 1.807) is 4.90 Å². The lowest BCUT2D eigenvalue weighted by Crippen LogP contribution is -2.47. The van der Waals surface area contributed by atoms with Gasteiger partial charge in [-0.3, -0.25) is 14.9 Å². The summed E-state index contributed by atoms with van der Waals surface area (Å²) in [6.45, 7) is 15.1. The smallest absolute Gasteiger partial charge is 0.410 e. The van der Waals surface area contributed by atoms with Gasteiger partial charge in [0.15, 0.2) is 6.29 Å². The van der Waals surface area contributed by atoms with Crippen LogP contribution in [0.2, 0.25) is 0 Å². The summed E-state index contributed by atoms with van der Waals surface area (Å²) >= 11 is 0. The molecule has 0 saturated carbocycles. The Labute approximate surface area is 319 Å². The van der Waals surface area contributed by atoms with Crippen LogP contribution in [0.15, 0.2) is 64.8 Å². The average Bonchev–Trinajstić information content (AvgIpc) is 3.16. The molecule has 0 bridgehead atoms. The van der Waals surface area contributed by atoms with Gasteiger partial charge in [0.2, 0.25) is 11.8 Å². The van der Waals surface area contributed by atoms with Gasteiger partial charge in [0.05, 0.1) is 6.54 Å². The Morgan fingerprint density at radius 1 is 0.849 bits per heavy atom. The molecule has 2 aromatic rings. The molecule has 12 heteroatoms. The molecule has 3 saturated heterocycles. The lowest BCUT2D eigenvalue weighted by molar-refractivity contribution is -0.133. The Morgan fingerprint density at radius 3 is 2.17 bits per heavy atom. The van der Waals surface area contributed by atoms with Crippen molar-refractivity contribution < 1.29 is 23.4 Å². The summed E-state index contributed by atoms with van der Waals surface area (Å²) in [5.74, 6) is 0.123. The molecule has 2 aromatic carbocycles. The van der Waals surface area contributed by atoms with E-state index in [-0.39, 0.29) is 34.5 Å². The number of likely N-dealkylation sites (tertiary alicyclic amines) is 1. The van der Waals surface area contributed by atoms with Gasteiger partial charge in [-0.1, -0.05) is 26.0 Å². The highest BCUT2D eigenvalue weighted by Gasteiger charge is 2.31. The van der Waals surface area contributed by atoms with Gasteiger partial charge in [0.1, 0.15) is 11.6 Å². The molecule has 0 aliphatic carbocycles. The highest BCUT2D eigenvalue weighted by Crippen LogP contribution is 2.32. The standard InChI is InChI=1S/C39H52N8O4.C2H6.3H2/c1-39(2,3)51-38(50)47-21-16-28-24-40-37(43-34(28)25-47)42-30-8-10-31(11-9-30)46-22-17-32(18-23-46)45-19-14-27(15-20-45)26-4-6-29(7-5-26)41-33-12-13-35(48)44-36(33)49;1-2;;;/h4-11,24,27,32-33,37,41-43H,12-23,25H2,1-3H3,(H,44,48,49);1-2H3;3*1H. The third kappa shape index (κ3) is 9.90. The second kappa shape index (κ2) is 17.0. The number of anilines is 3. The maximum absolute atomic E-state index is 12.6. The zero-order valence-corrected chi connectivity index (χ0v) is 32.1. The molecule has 0 spiro atoms. The molecule has 5 heterocycles. The van der Waals surface area contributed by atoms with Gasteiger partial charge in [-0.2, -0.15) is 0 Å². The summed E-state index contributed by atoms with van der Waals surface area (Å²) in [5.41, 5.74) is 6.17. The summed E-state index contributed by atoms with van der Waals surface area (Å²) in [6.07, 6.45) is 7.67. The number of imide groups is 1. The fourth-order valence-electron chi connectivity index (χ4n) is 7.88. The van der Waals surface area contributed by atoms with Crippen molar-refractivity contribution in [2.24, 2.45) is 4.99 Å². The van der Waals surface area contributed by atoms with Crippen LogP contribution < -0.4 is 26.2 Å². The fourth-order valence-corrected chi connectivity index (χ4v) is 7.88. The molecule has 0 aromatic heterocycles. The van der Waals surface area contributed by atoms with E-state index in [9.17, 15) is 14.4 Å². The second-order valence-corrected chi connectivity index (χ2v) is 15.5. The van der Waals surface area contributed by atoms with Gasteiger partial charge < -0.3 is 35.4 Å². The molecule has 3 fully saturated rings. The van der Waals surface area contributed by atoms with Crippen molar-refractivity contribution in [3.05, 3.63) is 65.4 Å². The van der Waals surface area contributed by atoms with E-state index in [2.05, 4.69) is 84.6 Å². The number of carbonyl (C=O) groups excluding carboxylic acids is 3. The minimum atomic E-state index is -0.518. The number of benzene rings is 2. The minimum absolute atomic E-state index is 0. The molecule has 12 nitrogen and oxygen atoms in total. The molecule has 2 atom stereocenters. The Balaban J connectivity index is 0.00000166. The first-order valence-corrected chi connectivity index (χ1v) is 19.6. The Morgan fingerprint density at radius 2 is 1.51 bits per heavy atom. The molecule has 7 rings (SSSR count). The number of amides is 3. The molecule has 292 valence electrons. The third-order valence-electron chi connectivity index (χ3n) is 10.7. The van der Waals surface area contributed by atoms with Gasteiger partial charge in [-0.15, -0.1) is 0 Å². The number of hydrogen-bond donors (Lipinski definition) is 4. The summed E-state index contributed by atoms with van der Waals surface area (Å²) in [6, 6.07) is 17.4. The zero-order chi connectivity index (χ0) is 37.5. The van der Waals surface area contributed by atoms with E-state index in [0.29, 0.717) is 37.9 Å². The van der Waals surface area contributed by atoms with Crippen LogP contribution in [0.5, 0.6) is 0 Å². The fraction of sp³-hybridized carbons (Fsp3) is 0.561. The van der Waals surface area contributed by atoms with Crippen molar-refractivity contribution in [1.29, 1.82) is 0 Å². The molecule has 2 unspecified atom stereocenters.